The van der Waals surface area contributed by atoms with Crippen molar-refractivity contribution in [3.63, 3.8) is 0 Å². The van der Waals surface area contributed by atoms with Gasteiger partial charge in [0.1, 0.15) is 0 Å². The number of benzene rings is 1. The number of ether oxygens (including phenoxy) is 1. The van der Waals surface area contributed by atoms with Gasteiger partial charge in [0.2, 0.25) is 0 Å². The predicted octanol–water partition coefficient (Wildman–Crippen LogP) is 2.90. The Bertz CT molecular complexity index is 456. The largest absolute Gasteiger partial charge is 0.492 e. The number of pyridine rings is 1. The van der Waals surface area contributed by atoms with Crippen LogP contribution in [0.5, 0.6) is 5.75 Å². The third-order valence-electron chi connectivity index (χ3n) is 2.10. The van der Waals surface area contributed by atoms with Crippen LogP contribution in [0.4, 0.5) is 4.39 Å². The molecule has 2 nitrogen and oxygen atoms in total. The van der Waals surface area contributed by atoms with E-state index in [-0.39, 0.29) is 5.75 Å². The van der Waals surface area contributed by atoms with Crippen LogP contribution in [0.25, 0.3) is 11.3 Å². The molecule has 15 heavy (non-hydrogen) atoms. The summed E-state index contributed by atoms with van der Waals surface area (Å²) in [4.78, 5) is 3.82. The molecule has 0 radical (unpaired) electrons. The summed E-state index contributed by atoms with van der Waals surface area (Å²) in [6.45, 7) is 0. The van der Waals surface area contributed by atoms with Crippen molar-refractivity contribution < 1.29 is 9.13 Å². The first-order valence-corrected chi connectivity index (χ1v) is 4.57. The fourth-order valence-corrected chi connectivity index (χ4v) is 1.34. The molecule has 0 saturated heterocycles. The molecule has 0 spiro atoms. The molecule has 0 aliphatic rings. The molecule has 1 aromatic heterocycles. The molecule has 0 aliphatic carbocycles. The van der Waals surface area contributed by atoms with Gasteiger partial charge in [-0.25, -0.2) is 4.98 Å². The highest BCUT2D eigenvalue weighted by molar-refractivity contribution is 5.59. The minimum absolute atomic E-state index is 0.162. The van der Waals surface area contributed by atoms with Gasteiger partial charge in [-0.05, 0) is 12.1 Å². The Morgan fingerprint density at radius 1 is 1.07 bits per heavy atom. The van der Waals surface area contributed by atoms with Gasteiger partial charge in [-0.3, -0.25) is 0 Å². The standard InChI is InChI=1S/C12H10FNO/c1-15-11-8-7-10(14-12(11)13)9-5-3-2-4-6-9/h2-8H,1H3. The molecular weight excluding hydrogens is 193 g/mol. The molecule has 0 N–H and O–H groups in total. The Kier molecular flexibility index (Phi) is 2.63. The van der Waals surface area contributed by atoms with Crippen LogP contribution in [0.1, 0.15) is 0 Å². The van der Waals surface area contributed by atoms with Crippen LogP contribution in [0.3, 0.4) is 0 Å². The maximum absolute atomic E-state index is 13.3. The van der Waals surface area contributed by atoms with E-state index >= 15 is 0 Å². The van der Waals surface area contributed by atoms with Crippen LogP contribution < -0.4 is 4.74 Å². The summed E-state index contributed by atoms with van der Waals surface area (Å²) in [6.07, 6.45) is 0. The summed E-state index contributed by atoms with van der Waals surface area (Å²) in [7, 11) is 1.42. The van der Waals surface area contributed by atoms with Crippen LogP contribution >= 0.6 is 0 Å². The predicted molar refractivity (Wildman–Crippen MR) is 56.2 cm³/mol. The molecule has 0 unspecified atom stereocenters. The van der Waals surface area contributed by atoms with Crippen LogP contribution in [0.15, 0.2) is 42.5 Å². The lowest BCUT2D eigenvalue weighted by Crippen LogP contribution is -1.93. The first kappa shape index (κ1) is 9.65. The van der Waals surface area contributed by atoms with E-state index in [0.29, 0.717) is 5.69 Å². The molecule has 2 rings (SSSR count). The molecule has 0 atom stereocenters. The topological polar surface area (TPSA) is 22.1 Å². The highest BCUT2D eigenvalue weighted by Gasteiger charge is 2.05. The number of nitrogens with zero attached hydrogens (tertiary/aromatic N) is 1. The van der Waals surface area contributed by atoms with Crippen molar-refractivity contribution in [1.29, 1.82) is 0 Å². The molecule has 76 valence electrons. The Morgan fingerprint density at radius 3 is 2.40 bits per heavy atom. The highest BCUT2D eigenvalue weighted by Crippen LogP contribution is 2.21. The average molecular weight is 203 g/mol. The molecule has 2 aromatic rings. The second kappa shape index (κ2) is 4.09. The number of hydrogen-bond donors (Lipinski definition) is 0. The van der Waals surface area contributed by atoms with Crippen molar-refractivity contribution in [2.24, 2.45) is 0 Å². The van der Waals surface area contributed by atoms with Crippen LogP contribution in [-0.2, 0) is 0 Å². The fourth-order valence-electron chi connectivity index (χ4n) is 1.34. The van der Waals surface area contributed by atoms with Crippen molar-refractivity contribution in [3.8, 4) is 17.0 Å². The second-order valence-electron chi connectivity index (χ2n) is 3.06. The normalized spacial score (nSPS) is 10.0. The first-order chi connectivity index (χ1) is 7.31. The van der Waals surface area contributed by atoms with E-state index in [0.717, 1.165) is 5.56 Å². The van der Waals surface area contributed by atoms with Crippen LogP contribution in [-0.4, -0.2) is 12.1 Å². The molecule has 0 amide bonds. The summed E-state index contributed by atoms with van der Waals surface area (Å²) in [5.41, 5.74) is 1.49. The van der Waals surface area contributed by atoms with Gasteiger partial charge in [-0.1, -0.05) is 30.3 Å². The van der Waals surface area contributed by atoms with Gasteiger partial charge in [0.25, 0.3) is 5.95 Å². The average Bonchev–Trinajstić information content (AvgIpc) is 2.30. The molecular formula is C12H10FNO. The number of aromatic nitrogens is 1. The van der Waals surface area contributed by atoms with E-state index < -0.39 is 5.95 Å². The maximum atomic E-state index is 13.3. The smallest absolute Gasteiger partial charge is 0.255 e. The van der Waals surface area contributed by atoms with Crippen LogP contribution in [0.2, 0.25) is 0 Å². The molecule has 0 fully saturated rings. The zero-order valence-electron chi connectivity index (χ0n) is 8.27. The summed E-state index contributed by atoms with van der Waals surface area (Å²) in [6, 6.07) is 12.8. The van der Waals surface area contributed by atoms with Crippen molar-refractivity contribution in [3.05, 3.63) is 48.4 Å². The number of halogens is 1. The van der Waals surface area contributed by atoms with Crippen molar-refractivity contribution >= 4 is 0 Å². The molecule has 1 aromatic carbocycles. The van der Waals surface area contributed by atoms with E-state index in [1.807, 2.05) is 30.3 Å². The van der Waals surface area contributed by atoms with Crippen molar-refractivity contribution in [2.75, 3.05) is 7.11 Å². The van der Waals surface area contributed by atoms with Crippen molar-refractivity contribution in [1.82, 2.24) is 4.98 Å². The van der Waals surface area contributed by atoms with E-state index in [9.17, 15) is 4.39 Å². The zero-order valence-corrected chi connectivity index (χ0v) is 8.27. The van der Waals surface area contributed by atoms with Gasteiger partial charge in [0, 0.05) is 5.56 Å². The Hall–Kier alpha value is -1.90. The minimum atomic E-state index is -0.584. The number of hydrogen-bond acceptors (Lipinski definition) is 2. The molecule has 0 aliphatic heterocycles. The van der Waals surface area contributed by atoms with Crippen molar-refractivity contribution in [2.45, 2.75) is 0 Å². The third kappa shape index (κ3) is 1.96. The highest BCUT2D eigenvalue weighted by atomic mass is 19.1. The van der Waals surface area contributed by atoms with Gasteiger partial charge in [0.15, 0.2) is 5.75 Å². The zero-order chi connectivity index (χ0) is 10.7. The lowest BCUT2D eigenvalue weighted by atomic mass is 10.1. The SMILES string of the molecule is COc1ccc(-c2ccccc2)nc1F. The molecule has 0 saturated carbocycles. The molecule has 0 bridgehead atoms. The monoisotopic (exact) mass is 203 g/mol. The minimum Gasteiger partial charge on any atom is -0.492 e. The summed E-state index contributed by atoms with van der Waals surface area (Å²) < 4.78 is 18.1. The summed E-state index contributed by atoms with van der Waals surface area (Å²) in [5, 5.41) is 0. The van der Waals surface area contributed by atoms with E-state index in [1.54, 1.807) is 12.1 Å². The lowest BCUT2D eigenvalue weighted by Gasteiger charge is -2.03. The van der Waals surface area contributed by atoms with Gasteiger partial charge in [-0.15, -0.1) is 0 Å². The maximum Gasteiger partial charge on any atom is 0.255 e. The fraction of sp³-hybridized carbons (Fsp3) is 0.0833. The van der Waals surface area contributed by atoms with E-state index in [1.165, 1.54) is 7.11 Å². The van der Waals surface area contributed by atoms with Crippen LogP contribution in [0, 0.1) is 5.95 Å². The first-order valence-electron chi connectivity index (χ1n) is 4.57. The Labute approximate surface area is 87.4 Å². The number of methoxy groups -OCH3 is 1. The third-order valence-corrected chi connectivity index (χ3v) is 2.10. The number of rotatable bonds is 2. The van der Waals surface area contributed by atoms with E-state index in [2.05, 4.69) is 4.98 Å². The summed E-state index contributed by atoms with van der Waals surface area (Å²) in [5.74, 6) is -0.423. The lowest BCUT2D eigenvalue weighted by molar-refractivity contribution is 0.378. The van der Waals surface area contributed by atoms with Gasteiger partial charge >= 0.3 is 0 Å². The van der Waals surface area contributed by atoms with E-state index in [4.69, 9.17) is 4.74 Å². The second-order valence-corrected chi connectivity index (χ2v) is 3.06. The Balaban J connectivity index is 2.43. The molecule has 1 heterocycles. The van der Waals surface area contributed by atoms with Gasteiger partial charge in [-0.2, -0.15) is 4.39 Å². The van der Waals surface area contributed by atoms with Gasteiger partial charge in [0.05, 0.1) is 12.8 Å². The van der Waals surface area contributed by atoms with Gasteiger partial charge < -0.3 is 4.74 Å². The Morgan fingerprint density at radius 2 is 1.80 bits per heavy atom. The summed E-state index contributed by atoms with van der Waals surface area (Å²) >= 11 is 0. The quantitative estimate of drug-likeness (QED) is 0.700. The molecule has 3 heteroatoms.